The van der Waals surface area contributed by atoms with Crippen LogP contribution in [0.5, 0.6) is 0 Å². The van der Waals surface area contributed by atoms with Crippen LogP contribution in [0.3, 0.4) is 0 Å². The molecule has 3 N–H and O–H groups in total. The fraction of sp³-hybridized carbons (Fsp3) is 0.500. The second kappa shape index (κ2) is 6.91. The minimum atomic E-state index is -0.728. The fourth-order valence-corrected chi connectivity index (χ4v) is 3.26. The molecule has 1 amide bonds. The molecule has 0 bridgehead atoms. The minimum absolute atomic E-state index is 0.151. The average Bonchev–Trinajstić information content (AvgIpc) is 2.28. The Kier molecular flexibility index (Phi) is 5.82. The van der Waals surface area contributed by atoms with E-state index in [1.54, 1.807) is 17.8 Å². The Morgan fingerprint density at radius 2 is 2.26 bits per heavy atom. The number of carbonyl (C=O) groups excluding carboxylic acids is 1. The third-order valence-electron chi connectivity index (χ3n) is 2.94. The summed E-state index contributed by atoms with van der Waals surface area (Å²) in [6, 6.07) is 6.46. The molecular weight excluding hydrogens is 263 g/mol. The maximum atomic E-state index is 13.1. The Bertz CT molecular complexity index is 441. The average molecular weight is 284 g/mol. The highest BCUT2D eigenvalue weighted by molar-refractivity contribution is 7.99. The van der Waals surface area contributed by atoms with E-state index in [9.17, 15) is 9.18 Å². The van der Waals surface area contributed by atoms with E-state index in [1.165, 1.54) is 12.1 Å². The number of halogens is 1. The highest BCUT2D eigenvalue weighted by atomic mass is 32.2. The third kappa shape index (κ3) is 4.84. The van der Waals surface area contributed by atoms with Gasteiger partial charge in [-0.1, -0.05) is 19.9 Å². The van der Waals surface area contributed by atoms with Crippen molar-refractivity contribution in [2.24, 2.45) is 5.73 Å². The number of carbonyl (C=O) groups is 1. The van der Waals surface area contributed by atoms with E-state index >= 15 is 0 Å². The van der Waals surface area contributed by atoms with Gasteiger partial charge in [0.25, 0.3) is 0 Å². The Morgan fingerprint density at radius 1 is 1.58 bits per heavy atom. The largest absolute Gasteiger partial charge is 0.368 e. The van der Waals surface area contributed by atoms with Crippen LogP contribution in [0.2, 0.25) is 0 Å². The lowest BCUT2D eigenvalue weighted by Crippen LogP contribution is -2.54. The predicted molar refractivity (Wildman–Crippen MR) is 77.6 cm³/mol. The summed E-state index contributed by atoms with van der Waals surface area (Å²) in [5.74, 6) is -0.609. The standard InChI is InChI=1S/C14H21FN2OS/c1-4-17-14(3,13(16)18)9-10(2)19-12-7-5-6-11(15)8-12/h5-8,10,17H,4,9H2,1-3H3,(H2,16,18). The Morgan fingerprint density at radius 3 is 2.79 bits per heavy atom. The van der Waals surface area contributed by atoms with Gasteiger partial charge in [0, 0.05) is 10.1 Å². The lowest BCUT2D eigenvalue weighted by Gasteiger charge is -2.29. The molecule has 0 saturated heterocycles. The minimum Gasteiger partial charge on any atom is -0.368 e. The smallest absolute Gasteiger partial charge is 0.237 e. The number of benzene rings is 1. The van der Waals surface area contributed by atoms with Gasteiger partial charge in [-0.2, -0.15) is 0 Å². The van der Waals surface area contributed by atoms with Crippen LogP contribution in [0.1, 0.15) is 27.2 Å². The molecule has 19 heavy (non-hydrogen) atoms. The number of primary amides is 1. The Balaban J connectivity index is 2.68. The zero-order valence-electron chi connectivity index (χ0n) is 11.6. The molecule has 0 aliphatic rings. The van der Waals surface area contributed by atoms with Crippen molar-refractivity contribution < 1.29 is 9.18 Å². The number of nitrogens with two attached hydrogens (primary N) is 1. The van der Waals surface area contributed by atoms with Crippen molar-refractivity contribution in [2.75, 3.05) is 6.54 Å². The first-order valence-corrected chi connectivity index (χ1v) is 7.22. The van der Waals surface area contributed by atoms with Crippen molar-refractivity contribution >= 4 is 17.7 Å². The molecule has 0 spiro atoms. The van der Waals surface area contributed by atoms with E-state index in [4.69, 9.17) is 5.73 Å². The van der Waals surface area contributed by atoms with Crippen LogP contribution >= 0.6 is 11.8 Å². The predicted octanol–water partition coefficient (Wildman–Crippen LogP) is 2.55. The van der Waals surface area contributed by atoms with Gasteiger partial charge in [-0.3, -0.25) is 4.79 Å². The van der Waals surface area contributed by atoms with E-state index < -0.39 is 5.54 Å². The van der Waals surface area contributed by atoms with Crippen molar-refractivity contribution in [1.29, 1.82) is 0 Å². The van der Waals surface area contributed by atoms with Gasteiger partial charge >= 0.3 is 0 Å². The summed E-state index contributed by atoms with van der Waals surface area (Å²) in [4.78, 5) is 12.4. The van der Waals surface area contributed by atoms with Gasteiger partial charge in [0.15, 0.2) is 0 Å². The second-order valence-electron chi connectivity index (χ2n) is 4.82. The van der Waals surface area contributed by atoms with Crippen LogP contribution in [-0.2, 0) is 4.79 Å². The maximum absolute atomic E-state index is 13.1. The van der Waals surface area contributed by atoms with Crippen LogP contribution in [-0.4, -0.2) is 23.2 Å². The zero-order valence-corrected chi connectivity index (χ0v) is 12.4. The number of likely N-dealkylation sites (N-methyl/N-ethyl adjacent to an activating group) is 1. The third-order valence-corrected chi connectivity index (χ3v) is 4.03. The molecule has 1 rings (SSSR count). The number of hydrogen-bond acceptors (Lipinski definition) is 3. The summed E-state index contributed by atoms with van der Waals surface area (Å²) in [7, 11) is 0. The molecule has 1 aromatic rings. The normalized spacial score (nSPS) is 15.8. The Hall–Kier alpha value is -1.07. The Labute approximate surface area is 118 Å². The van der Waals surface area contributed by atoms with Gasteiger partial charge in [-0.25, -0.2) is 4.39 Å². The zero-order chi connectivity index (χ0) is 14.5. The van der Waals surface area contributed by atoms with Gasteiger partial charge in [-0.15, -0.1) is 11.8 Å². The molecule has 0 aromatic heterocycles. The van der Waals surface area contributed by atoms with Gasteiger partial charge < -0.3 is 11.1 Å². The van der Waals surface area contributed by atoms with Gasteiger partial charge in [0.2, 0.25) is 5.91 Å². The summed E-state index contributed by atoms with van der Waals surface area (Å²) in [5, 5.41) is 3.28. The van der Waals surface area contributed by atoms with Crippen molar-refractivity contribution in [3.63, 3.8) is 0 Å². The van der Waals surface area contributed by atoms with Crippen molar-refractivity contribution in [3.05, 3.63) is 30.1 Å². The summed E-state index contributed by atoms with van der Waals surface area (Å²) < 4.78 is 13.1. The van der Waals surface area contributed by atoms with Crippen LogP contribution in [0.25, 0.3) is 0 Å². The molecule has 5 heteroatoms. The quantitative estimate of drug-likeness (QED) is 0.757. The molecule has 0 aliphatic heterocycles. The molecule has 2 unspecified atom stereocenters. The molecule has 106 valence electrons. The molecule has 1 aromatic carbocycles. The first-order valence-electron chi connectivity index (χ1n) is 6.34. The highest BCUT2D eigenvalue weighted by Crippen LogP contribution is 2.29. The molecule has 0 heterocycles. The SMILES string of the molecule is CCNC(C)(CC(C)Sc1cccc(F)c1)C(N)=O. The lowest BCUT2D eigenvalue weighted by molar-refractivity contribution is -0.124. The first kappa shape index (κ1) is 16.0. The lowest BCUT2D eigenvalue weighted by atomic mass is 9.95. The van der Waals surface area contributed by atoms with Crippen LogP contribution in [0, 0.1) is 5.82 Å². The van der Waals surface area contributed by atoms with Gasteiger partial charge in [0.05, 0.1) is 5.54 Å². The number of rotatable bonds is 7. The van der Waals surface area contributed by atoms with Crippen molar-refractivity contribution in [3.8, 4) is 0 Å². The number of thioether (sulfide) groups is 1. The summed E-state index contributed by atoms with van der Waals surface area (Å²) in [6.07, 6.45) is 0.595. The van der Waals surface area contributed by atoms with Gasteiger partial charge in [0.1, 0.15) is 5.82 Å². The maximum Gasteiger partial charge on any atom is 0.237 e. The molecule has 0 radical (unpaired) electrons. The topological polar surface area (TPSA) is 55.1 Å². The first-order chi connectivity index (χ1) is 8.87. The molecule has 3 nitrogen and oxygen atoms in total. The number of amides is 1. The van der Waals surface area contributed by atoms with E-state index in [1.807, 2.05) is 26.8 Å². The molecule has 0 fully saturated rings. The molecule has 2 atom stereocenters. The van der Waals surface area contributed by atoms with E-state index in [0.717, 1.165) is 4.90 Å². The monoisotopic (exact) mass is 284 g/mol. The van der Waals surface area contributed by atoms with E-state index in [0.29, 0.717) is 13.0 Å². The van der Waals surface area contributed by atoms with Crippen LogP contribution in [0.15, 0.2) is 29.2 Å². The highest BCUT2D eigenvalue weighted by Gasteiger charge is 2.31. The summed E-state index contributed by atoms with van der Waals surface area (Å²) in [6.45, 7) is 6.43. The van der Waals surface area contributed by atoms with Gasteiger partial charge in [-0.05, 0) is 38.1 Å². The summed E-state index contributed by atoms with van der Waals surface area (Å²) >= 11 is 1.54. The van der Waals surface area contributed by atoms with Crippen LogP contribution in [0.4, 0.5) is 4.39 Å². The molecule has 0 saturated carbocycles. The number of hydrogen-bond donors (Lipinski definition) is 2. The van der Waals surface area contributed by atoms with E-state index in [2.05, 4.69) is 5.32 Å². The van der Waals surface area contributed by atoms with Crippen molar-refractivity contribution in [2.45, 2.75) is 42.9 Å². The van der Waals surface area contributed by atoms with Crippen LogP contribution < -0.4 is 11.1 Å². The summed E-state index contributed by atoms with van der Waals surface area (Å²) in [5.41, 5.74) is 4.72. The van der Waals surface area contributed by atoms with E-state index in [-0.39, 0.29) is 17.0 Å². The second-order valence-corrected chi connectivity index (χ2v) is 6.33. The molecule has 0 aliphatic carbocycles. The fourth-order valence-electron chi connectivity index (χ4n) is 2.04. The number of nitrogens with one attached hydrogen (secondary N) is 1. The van der Waals surface area contributed by atoms with Crippen molar-refractivity contribution in [1.82, 2.24) is 5.32 Å². The molecular formula is C14H21FN2OS.